The topological polar surface area (TPSA) is 15.7 Å². The molecule has 2 heterocycles. The van der Waals surface area contributed by atoms with Crippen molar-refractivity contribution in [2.24, 2.45) is 0 Å². The largest absolute Gasteiger partial charge is 0.373 e. The number of alkyl halides is 1. The van der Waals surface area contributed by atoms with Crippen molar-refractivity contribution in [2.45, 2.75) is 71.0 Å². The zero-order chi connectivity index (χ0) is 14.2. The summed E-state index contributed by atoms with van der Waals surface area (Å²) in [6.07, 6.45) is 0.622. The first kappa shape index (κ1) is 15.2. The van der Waals surface area contributed by atoms with E-state index in [2.05, 4.69) is 44.4 Å². The Bertz CT molecular complexity index is 295. The number of hydrogen-bond donors (Lipinski definition) is 0. The van der Waals surface area contributed by atoms with Gasteiger partial charge in [-0.2, -0.15) is 0 Å². The number of ether oxygens (including phenoxy) is 1. The van der Waals surface area contributed by atoms with Gasteiger partial charge in [-0.25, -0.2) is 4.39 Å². The van der Waals surface area contributed by atoms with E-state index in [1.54, 1.807) is 0 Å². The molecule has 3 nitrogen and oxygen atoms in total. The van der Waals surface area contributed by atoms with Crippen LogP contribution in [0.3, 0.4) is 0 Å². The van der Waals surface area contributed by atoms with Gasteiger partial charge in [-0.15, -0.1) is 0 Å². The first-order valence-electron chi connectivity index (χ1n) is 7.56. The molecule has 4 heteroatoms. The summed E-state index contributed by atoms with van der Waals surface area (Å²) in [6, 6.07) is 0.0763. The van der Waals surface area contributed by atoms with Crippen molar-refractivity contribution < 1.29 is 9.13 Å². The minimum atomic E-state index is -0.745. The number of piperidine rings is 1. The third kappa shape index (κ3) is 3.67. The first-order chi connectivity index (χ1) is 8.77. The van der Waals surface area contributed by atoms with Crippen LogP contribution in [0.15, 0.2) is 0 Å². The summed E-state index contributed by atoms with van der Waals surface area (Å²) >= 11 is 0. The Hall–Kier alpha value is -0.190. The summed E-state index contributed by atoms with van der Waals surface area (Å²) in [4.78, 5) is 4.57. The van der Waals surface area contributed by atoms with Gasteiger partial charge in [-0.05, 0) is 41.0 Å². The fraction of sp³-hybridized carbons (Fsp3) is 1.00. The van der Waals surface area contributed by atoms with E-state index in [0.29, 0.717) is 6.54 Å². The molecule has 0 aromatic rings. The van der Waals surface area contributed by atoms with Gasteiger partial charge in [0.05, 0.1) is 12.2 Å². The predicted molar refractivity (Wildman–Crippen MR) is 76.2 cm³/mol. The van der Waals surface area contributed by atoms with Gasteiger partial charge >= 0.3 is 0 Å². The quantitative estimate of drug-likeness (QED) is 0.728. The van der Waals surface area contributed by atoms with E-state index >= 15 is 0 Å². The zero-order valence-electron chi connectivity index (χ0n) is 13.0. The highest BCUT2D eigenvalue weighted by atomic mass is 19.1. The number of morpholine rings is 1. The number of hydrogen-bond acceptors (Lipinski definition) is 3. The Kier molecular flexibility index (Phi) is 4.53. The van der Waals surface area contributed by atoms with E-state index in [4.69, 9.17) is 4.74 Å². The number of halogens is 1. The van der Waals surface area contributed by atoms with Crippen molar-refractivity contribution in [3.63, 3.8) is 0 Å². The molecule has 0 spiro atoms. The first-order valence-corrected chi connectivity index (χ1v) is 7.56. The van der Waals surface area contributed by atoms with Gasteiger partial charge < -0.3 is 4.74 Å². The molecule has 2 aliphatic rings. The predicted octanol–water partition coefficient (Wildman–Crippen LogP) is 2.31. The van der Waals surface area contributed by atoms with Crippen LogP contribution in [0.25, 0.3) is 0 Å². The van der Waals surface area contributed by atoms with E-state index in [1.165, 1.54) is 0 Å². The van der Waals surface area contributed by atoms with Crippen LogP contribution in [0.2, 0.25) is 0 Å². The molecule has 0 aliphatic carbocycles. The fourth-order valence-corrected chi connectivity index (χ4v) is 3.40. The summed E-state index contributed by atoms with van der Waals surface area (Å²) in [5, 5.41) is 0. The number of rotatable bonds is 1. The van der Waals surface area contributed by atoms with Crippen LogP contribution < -0.4 is 0 Å². The Morgan fingerprint density at radius 2 is 1.63 bits per heavy atom. The molecule has 4 unspecified atom stereocenters. The fourth-order valence-electron chi connectivity index (χ4n) is 3.40. The van der Waals surface area contributed by atoms with Gasteiger partial charge in [0.1, 0.15) is 6.17 Å². The lowest BCUT2D eigenvalue weighted by molar-refractivity contribution is -0.102. The average Bonchev–Trinajstić information content (AvgIpc) is 2.26. The highest BCUT2D eigenvalue weighted by Gasteiger charge is 2.39. The van der Waals surface area contributed by atoms with Gasteiger partial charge in [0, 0.05) is 37.8 Å². The minimum absolute atomic E-state index is 0.0703. The molecule has 2 rings (SSSR count). The molecule has 112 valence electrons. The zero-order valence-corrected chi connectivity index (χ0v) is 13.0. The summed E-state index contributed by atoms with van der Waals surface area (Å²) in [7, 11) is 0. The van der Waals surface area contributed by atoms with Crippen LogP contribution >= 0.6 is 0 Å². The molecule has 19 heavy (non-hydrogen) atoms. The van der Waals surface area contributed by atoms with Crippen molar-refractivity contribution in [3.05, 3.63) is 0 Å². The molecule has 2 aliphatic heterocycles. The van der Waals surface area contributed by atoms with E-state index in [1.807, 2.05) is 0 Å². The second kappa shape index (κ2) is 5.66. The van der Waals surface area contributed by atoms with Gasteiger partial charge in [0.25, 0.3) is 0 Å². The van der Waals surface area contributed by atoms with Crippen LogP contribution in [0.4, 0.5) is 4.39 Å². The SMILES string of the molecule is CC1CN(C2CCN(C(C)(C)C)CC2F)CC(C)O1. The van der Waals surface area contributed by atoms with Crippen molar-refractivity contribution in [1.82, 2.24) is 9.80 Å². The lowest BCUT2D eigenvalue weighted by Gasteiger charge is -2.47. The molecule has 0 aromatic heterocycles. The Labute approximate surface area is 117 Å². The molecule has 0 bridgehead atoms. The molecule has 4 atom stereocenters. The van der Waals surface area contributed by atoms with Crippen LogP contribution in [-0.2, 0) is 4.74 Å². The summed E-state index contributed by atoms with van der Waals surface area (Å²) in [6.45, 7) is 14.0. The van der Waals surface area contributed by atoms with Gasteiger partial charge in [0.2, 0.25) is 0 Å². The molecule has 2 fully saturated rings. The molecule has 0 aromatic carbocycles. The average molecular weight is 272 g/mol. The molecule has 2 saturated heterocycles. The Morgan fingerprint density at radius 3 is 2.11 bits per heavy atom. The van der Waals surface area contributed by atoms with Crippen LogP contribution in [0.5, 0.6) is 0 Å². The van der Waals surface area contributed by atoms with Crippen LogP contribution in [0, 0.1) is 0 Å². The Morgan fingerprint density at radius 1 is 1.05 bits per heavy atom. The van der Waals surface area contributed by atoms with Crippen LogP contribution in [-0.4, -0.2) is 65.9 Å². The third-order valence-electron chi connectivity index (χ3n) is 4.37. The summed E-state index contributed by atoms with van der Waals surface area (Å²) in [5.74, 6) is 0. The third-order valence-corrected chi connectivity index (χ3v) is 4.37. The second-order valence-electron chi connectivity index (χ2n) is 7.20. The number of nitrogens with zero attached hydrogens (tertiary/aromatic N) is 2. The second-order valence-corrected chi connectivity index (χ2v) is 7.20. The molecule has 0 N–H and O–H groups in total. The van der Waals surface area contributed by atoms with Crippen molar-refractivity contribution in [1.29, 1.82) is 0 Å². The standard InChI is InChI=1S/C15H29FN2O/c1-11-8-17(9-12(2)19-11)14-6-7-18(10-13(14)16)15(3,4)5/h11-14H,6-10H2,1-5H3. The van der Waals surface area contributed by atoms with Gasteiger partial charge in [-0.3, -0.25) is 9.80 Å². The lowest BCUT2D eigenvalue weighted by atomic mass is 9.95. The van der Waals surface area contributed by atoms with Gasteiger partial charge in [0.15, 0.2) is 0 Å². The maximum atomic E-state index is 14.5. The van der Waals surface area contributed by atoms with Crippen molar-refractivity contribution >= 4 is 0 Å². The highest BCUT2D eigenvalue weighted by Crippen LogP contribution is 2.27. The maximum Gasteiger partial charge on any atom is 0.128 e. The number of likely N-dealkylation sites (tertiary alicyclic amines) is 1. The molecule has 0 saturated carbocycles. The van der Waals surface area contributed by atoms with E-state index in [0.717, 1.165) is 26.1 Å². The van der Waals surface area contributed by atoms with Gasteiger partial charge in [-0.1, -0.05) is 0 Å². The molecule has 0 amide bonds. The molecular formula is C15H29FN2O. The lowest BCUT2D eigenvalue weighted by Crippen LogP contribution is -2.60. The van der Waals surface area contributed by atoms with Crippen molar-refractivity contribution in [3.8, 4) is 0 Å². The smallest absolute Gasteiger partial charge is 0.128 e. The van der Waals surface area contributed by atoms with Crippen LogP contribution in [0.1, 0.15) is 41.0 Å². The van der Waals surface area contributed by atoms with E-state index < -0.39 is 6.17 Å². The van der Waals surface area contributed by atoms with E-state index in [-0.39, 0.29) is 23.8 Å². The summed E-state index contributed by atoms with van der Waals surface area (Å²) < 4.78 is 20.3. The molecular weight excluding hydrogens is 243 g/mol. The minimum Gasteiger partial charge on any atom is -0.373 e. The Balaban J connectivity index is 1.96. The normalized spacial score (nSPS) is 39.5. The van der Waals surface area contributed by atoms with Crippen molar-refractivity contribution in [2.75, 3.05) is 26.2 Å². The monoisotopic (exact) mass is 272 g/mol. The van der Waals surface area contributed by atoms with E-state index in [9.17, 15) is 4.39 Å². The highest BCUT2D eigenvalue weighted by molar-refractivity contribution is 4.93. The summed E-state index contributed by atoms with van der Waals surface area (Å²) in [5.41, 5.74) is 0.0703. The molecule has 0 radical (unpaired) electrons. The maximum absolute atomic E-state index is 14.5.